The van der Waals surface area contributed by atoms with Gasteiger partial charge in [-0.1, -0.05) is 103 Å². The van der Waals surface area contributed by atoms with E-state index in [1.54, 1.807) is 0 Å². The number of pyridine rings is 1. The molecule has 0 amide bonds. The molecule has 0 saturated heterocycles. The minimum absolute atomic E-state index is 0.845. The molecule has 0 bridgehead atoms. The Morgan fingerprint density at radius 2 is 0.977 bits per heavy atom. The first kappa shape index (κ1) is 26.1. The van der Waals surface area contributed by atoms with Crippen LogP contribution in [0.5, 0.6) is 0 Å². The standard InChI is InChI=1S/C42H30N2/c1-2-8-29(9-3-1)34-16-17-39-40(28-34)42(36-13-7-11-33(27-36)31-20-24-44-25-21-31)38-15-5-4-14-37(38)41(39)35-12-6-10-32(26-35)30-18-22-43-23-19-30/h1-18,20-22,24-28H,19,23H2. The lowest BCUT2D eigenvalue weighted by molar-refractivity contribution is 1.02. The Morgan fingerprint density at radius 3 is 1.70 bits per heavy atom. The van der Waals surface area contributed by atoms with E-state index in [0.717, 1.165) is 18.5 Å². The maximum absolute atomic E-state index is 4.41. The minimum Gasteiger partial charge on any atom is -0.293 e. The summed E-state index contributed by atoms with van der Waals surface area (Å²) in [7, 11) is 0. The molecule has 0 fully saturated rings. The number of aliphatic imine (C=N–C) groups is 1. The molecule has 8 rings (SSSR count). The van der Waals surface area contributed by atoms with Gasteiger partial charge in [0.2, 0.25) is 0 Å². The van der Waals surface area contributed by atoms with E-state index in [4.69, 9.17) is 0 Å². The molecule has 1 aliphatic rings. The second kappa shape index (κ2) is 11.2. The maximum atomic E-state index is 4.41. The smallest absolute Gasteiger partial charge is 0.0429 e. The van der Waals surface area contributed by atoms with Crippen LogP contribution in [0.3, 0.4) is 0 Å². The highest BCUT2D eigenvalue weighted by molar-refractivity contribution is 6.22. The minimum atomic E-state index is 0.845. The van der Waals surface area contributed by atoms with Crippen LogP contribution in [0.25, 0.3) is 71.6 Å². The monoisotopic (exact) mass is 562 g/mol. The van der Waals surface area contributed by atoms with Crippen LogP contribution < -0.4 is 0 Å². The third-order valence-electron chi connectivity index (χ3n) is 8.71. The summed E-state index contributed by atoms with van der Waals surface area (Å²) < 4.78 is 0. The molecule has 0 spiro atoms. The van der Waals surface area contributed by atoms with Gasteiger partial charge in [0.05, 0.1) is 0 Å². The van der Waals surface area contributed by atoms with E-state index in [2.05, 4.69) is 150 Å². The molecule has 208 valence electrons. The Labute approximate surface area is 257 Å². The van der Waals surface area contributed by atoms with Crippen molar-refractivity contribution in [3.8, 4) is 44.5 Å². The molecular weight excluding hydrogens is 532 g/mol. The summed E-state index contributed by atoms with van der Waals surface area (Å²) in [4.78, 5) is 8.64. The number of benzene rings is 6. The van der Waals surface area contributed by atoms with E-state index >= 15 is 0 Å². The Kier molecular flexibility index (Phi) is 6.66. The number of hydrogen-bond donors (Lipinski definition) is 0. The van der Waals surface area contributed by atoms with Gasteiger partial charge in [-0.05, 0) is 120 Å². The van der Waals surface area contributed by atoms with Crippen LogP contribution in [0.2, 0.25) is 0 Å². The zero-order valence-electron chi connectivity index (χ0n) is 24.3. The predicted molar refractivity (Wildman–Crippen MR) is 187 cm³/mol. The third kappa shape index (κ3) is 4.71. The highest BCUT2D eigenvalue weighted by Crippen LogP contribution is 2.45. The number of aromatic nitrogens is 1. The molecule has 1 aliphatic heterocycles. The van der Waals surface area contributed by atoms with Crippen LogP contribution in [0, 0.1) is 0 Å². The first-order chi connectivity index (χ1) is 21.8. The molecule has 6 aromatic carbocycles. The lowest BCUT2D eigenvalue weighted by Crippen LogP contribution is -1.96. The first-order valence-electron chi connectivity index (χ1n) is 15.2. The van der Waals surface area contributed by atoms with Gasteiger partial charge in [0.25, 0.3) is 0 Å². The molecule has 7 aromatic rings. The highest BCUT2D eigenvalue weighted by Gasteiger charge is 2.18. The van der Waals surface area contributed by atoms with Crippen LogP contribution in [0.4, 0.5) is 0 Å². The van der Waals surface area contributed by atoms with Crippen molar-refractivity contribution in [2.75, 3.05) is 6.54 Å². The van der Waals surface area contributed by atoms with Gasteiger partial charge in [0.15, 0.2) is 0 Å². The Balaban J connectivity index is 1.44. The summed E-state index contributed by atoms with van der Waals surface area (Å²) in [6.45, 7) is 0.845. The average Bonchev–Trinajstić information content (AvgIpc) is 3.11. The van der Waals surface area contributed by atoms with E-state index in [0.29, 0.717) is 0 Å². The third-order valence-corrected chi connectivity index (χ3v) is 8.71. The van der Waals surface area contributed by atoms with Gasteiger partial charge in [0.1, 0.15) is 0 Å². The van der Waals surface area contributed by atoms with Gasteiger partial charge in [0, 0.05) is 25.2 Å². The maximum Gasteiger partial charge on any atom is 0.0429 e. The van der Waals surface area contributed by atoms with Crippen molar-refractivity contribution in [2.24, 2.45) is 4.99 Å². The second-order valence-corrected chi connectivity index (χ2v) is 11.3. The summed E-state index contributed by atoms with van der Waals surface area (Å²) in [5, 5.41) is 5.01. The summed E-state index contributed by atoms with van der Waals surface area (Å²) in [6.07, 6.45) is 8.78. The van der Waals surface area contributed by atoms with Crippen molar-refractivity contribution >= 4 is 33.3 Å². The Hall–Kier alpha value is -5.60. The van der Waals surface area contributed by atoms with Gasteiger partial charge in [-0.2, -0.15) is 0 Å². The van der Waals surface area contributed by atoms with E-state index in [1.807, 2.05) is 18.6 Å². The molecule has 0 radical (unpaired) electrons. The van der Waals surface area contributed by atoms with Crippen LogP contribution in [0.15, 0.2) is 157 Å². The van der Waals surface area contributed by atoms with Crippen molar-refractivity contribution in [1.29, 1.82) is 0 Å². The molecular formula is C42H30N2. The number of fused-ring (bicyclic) bond motifs is 2. The number of nitrogens with zero attached hydrogens (tertiary/aromatic N) is 2. The molecule has 0 saturated carbocycles. The molecule has 1 aromatic heterocycles. The largest absolute Gasteiger partial charge is 0.293 e. The van der Waals surface area contributed by atoms with Gasteiger partial charge < -0.3 is 0 Å². The second-order valence-electron chi connectivity index (χ2n) is 11.3. The summed E-state index contributed by atoms with van der Waals surface area (Å²) in [5.41, 5.74) is 12.4. The zero-order chi connectivity index (χ0) is 29.3. The Bertz CT molecular complexity index is 2210. The lowest BCUT2D eigenvalue weighted by atomic mass is 9.84. The summed E-state index contributed by atoms with van der Waals surface area (Å²) >= 11 is 0. The summed E-state index contributed by atoms with van der Waals surface area (Å²) in [6, 6.07) is 48.7. The van der Waals surface area contributed by atoms with E-state index in [9.17, 15) is 0 Å². The quantitative estimate of drug-likeness (QED) is 0.192. The van der Waals surface area contributed by atoms with Gasteiger partial charge in [-0.25, -0.2) is 0 Å². The highest BCUT2D eigenvalue weighted by atomic mass is 14.7. The molecule has 0 N–H and O–H groups in total. The topological polar surface area (TPSA) is 25.2 Å². The van der Waals surface area contributed by atoms with Crippen molar-refractivity contribution in [3.63, 3.8) is 0 Å². The van der Waals surface area contributed by atoms with Gasteiger partial charge in [-0.3, -0.25) is 9.98 Å². The Morgan fingerprint density at radius 1 is 0.409 bits per heavy atom. The first-order valence-corrected chi connectivity index (χ1v) is 15.2. The SMILES string of the molecule is C1=NCCC(c2cccc(-c3c4ccccc4c(-c4cccc(-c5ccncc5)c4)c4cc(-c5ccccc5)ccc34)c2)=C1. The van der Waals surface area contributed by atoms with Crippen LogP contribution in [-0.2, 0) is 0 Å². The molecule has 2 heteroatoms. The van der Waals surface area contributed by atoms with Crippen molar-refractivity contribution in [1.82, 2.24) is 4.98 Å². The molecule has 2 nitrogen and oxygen atoms in total. The molecule has 44 heavy (non-hydrogen) atoms. The van der Waals surface area contributed by atoms with Crippen molar-refractivity contribution in [2.45, 2.75) is 6.42 Å². The van der Waals surface area contributed by atoms with Crippen molar-refractivity contribution in [3.05, 3.63) is 157 Å². The van der Waals surface area contributed by atoms with Gasteiger partial charge in [-0.15, -0.1) is 0 Å². The molecule has 0 atom stereocenters. The molecule has 0 aliphatic carbocycles. The number of allylic oxidation sites excluding steroid dienone is 1. The van der Waals surface area contributed by atoms with Crippen LogP contribution in [-0.4, -0.2) is 17.7 Å². The summed E-state index contributed by atoms with van der Waals surface area (Å²) in [5.74, 6) is 0. The fraction of sp³-hybridized carbons (Fsp3) is 0.0476. The number of hydrogen-bond acceptors (Lipinski definition) is 2. The number of dihydropyridines is 1. The number of rotatable bonds is 5. The van der Waals surface area contributed by atoms with Gasteiger partial charge >= 0.3 is 0 Å². The van der Waals surface area contributed by atoms with Crippen molar-refractivity contribution < 1.29 is 0 Å². The average molecular weight is 563 g/mol. The van der Waals surface area contributed by atoms with Crippen LogP contribution >= 0.6 is 0 Å². The van der Waals surface area contributed by atoms with Crippen LogP contribution in [0.1, 0.15) is 12.0 Å². The lowest BCUT2D eigenvalue weighted by Gasteiger charge is -2.20. The fourth-order valence-corrected chi connectivity index (χ4v) is 6.61. The van der Waals surface area contributed by atoms with E-state index in [1.165, 1.54) is 71.6 Å². The van der Waals surface area contributed by atoms with E-state index in [-0.39, 0.29) is 0 Å². The molecule has 2 heterocycles. The predicted octanol–water partition coefficient (Wildman–Crippen LogP) is 10.9. The normalized spacial score (nSPS) is 12.9. The molecule has 0 unspecified atom stereocenters. The zero-order valence-corrected chi connectivity index (χ0v) is 24.3. The van der Waals surface area contributed by atoms with E-state index < -0.39 is 0 Å². The fourth-order valence-electron chi connectivity index (χ4n) is 6.61.